The minimum Gasteiger partial charge on any atom is -0.497 e. The van der Waals surface area contributed by atoms with Crippen molar-refractivity contribution in [3.63, 3.8) is 0 Å². The summed E-state index contributed by atoms with van der Waals surface area (Å²) in [5.41, 5.74) is 8.56. The van der Waals surface area contributed by atoms with E-state index < -0.39 is 0 Å². The summed E-state index contributed by atoms with van der Waals surface area (Å²) in [7, 11) is 3.10. The van der Waals surface area contributed by atoms with Crippen molar-refractivity contribution in [3.8, 4) is 11.5 Å². The Morgan fingerprint density at radius 3 is 2.76 bits per heavy atom. The molecular weight excluding hydrogens is 476 g/mol. The van der Waals surface area contributed by atoms with E-state index in [9.17, 15) is 4.79 Å². The quantitative estimate of drug-likeness (QED) is 0.477. The van der Waals surface area contributed by atoms with Gasteiger partial charge in [0.25, 0.3) is 0 Å². The molecule has 2 aliphatic rings. The van der Waals surface area contributed by atoms with Gasteiger partial charge < -0.3 is 14.8 Å². The molecule has 2 aromatic rings. The molecule has 1 amide bonds. The Morgan fingerprint density at radius 2 is 2.03 bits per heavy atom. The van der Waals surface area contributed by atoms with Crippen LogP contribution >= 0.6 is 23.4 Å². The molecule has 1 fully saturated rings. The highest BCUT2D eigenvalue weighted by Crippen LogP contribution is 2.35. The van der Waals surface area contributed by atoms with E-state index >= 15 is 0 Å². The fourth-order valence-electron chi connectivity index (χ4n) is 3.98. The number of hydrogen-bond acceptors (Lipinski definition) is 8. The number of nitrogens with zero attached hydrogens (tertiary/aromatic N) is 2. The Morgan fingerprint density at radius 1 is 1.24 bits per heavy atom. The zero-order chi connectivity index (χ0) is 24.4. The lowest BCUT2D eigenvalue weighted by atomic mass is 9.96. The Hall–Kier alpha value is -2.79. The molecule has 2 aromatic carbocycles. The summed E-state index contributed by atoms with van der Waals surface area (Å²) in [6.45, 7) is 3.97. The zero-order valence-corrected chi connectivity index (χ0v) is 20.9. The van der Waals surface area contributed by atoms with Crippen molar-refractivity contribution < 1.29 is 14.3 Å². The van der Waals surface area contributed by atoms with E-state index in [-0.39, 0.29) is 29.8 Å². The van der Waals surface area contributed by atoms with Gasteiger partial charge in [0.15, 0.2) is 5.17 Å². The molecule has 4 rings (SSSR count). The molecule has 34 heavy (non-hydrogen) atoms. The van der Waals surface area contributed by atoms with Crippen LogP contribution in [0.1, 0.15) is 12.5 Å². The minimum absolute atomic E-state index is 0.0265. The topological polar surface area (TPSA) is 111 Å². The number of hydrazine groups is 1. The van der Waals surface area contributed by atoms with Gasteiger partial charge in [0.05, 0.1) is 37.3 Å². The second-order valence-electron chi connectivity index (χ2n) is 8.01. The maximum absolute atomic E-state index is 12.8. The average molecular weight is 503 g/mol. The van der Waals surface area contributed by atoms with Crippen LogP contribution in [-0.2, 0) is 4.79 Å². The van der Waals surface area contributed by atoms with Crippen molar-refractivity contribution in [2.75, 3.05) is 30.2 Å². The predicted molar refractivity (Wildman–Crippen MR) is 137 cm³/mol. The van der Waals surface area contributed by atoms with E-state index in [0.717, 1.165) is 11.3 Å². The van der Waals surface area contributed by atoms with E-state index in [1.807, 2.05) is 32.0 Å². The van der Waals surface area contributed by atoms with Gasteiger partial charge in [-0.3, -0.25) is 20.5 Å². The largest absolute Gasteiger partial charge is 0.497 e. The molecule has 0 bridgehead atoms. The molecule has 0 aliphatic carbocycles. The van der Waals surface area contributed by atoms with Gasteiger partial charge in [-0.15, -0.1) is 0 Å². The standard InChI is InChI=1S/C23H27ClN6O3S/c1-12-5-6-14(24)9-17(12)30-21(25)20-13(2)28-29-22(20)27-23(30)34-11-19(31)26-16-10-15(32-3)7-8-18(16)33-4/h5-10,13,20,22,25,28-29H,11H2,1-4H3,(H,26,31). The van der Waals surface area contributed by atoms with Crippen LogP contribution in [0.3, 0.4) is 0 Å². The van der Waals surface area contributed by atoms with Crippen molar-refractivity contribution in [1.82, 2.24) is 10.9 Å². The highest BCUT2D eigenvalue weighted by Gasteiger charge is 2.44. The average Bonchev–Trinajstić information content (AvgIpc) is 3.20. The summed E-state index contributed by atoms with van der Waals surface area (Å²) in [6.07, 6.45) is -0.290. The molecule has 11 heteroatoms. The van der Waals surface area contributed by atoms with Crippen molar-refractivity contribution >= 4 is 51.6 Å². The van der Waals surface area contributed by atoms with Crippen LogP contribution in [0.2, 0.25) is 5.02 Å². The van der Waals surface area contributed by atoms with Crippen LogP contribution < -0.4 is 30.5 Å². The number of rotatable bonds is 6. The smallest absolute Gasteiger partial charge is 0.234 e. The fraction of sp³-hybridized carbons (Fsp3) is 0.348. The number of halogens is 1. The number of aryl methyl sites for hydroxylation is 1. The zero-order valence-electron chi connectivity index (χ0n) is 19.3. The third-order valence-electron chi connectivity index (χ3n) is 5.76. The molecule has 2 heterocycles. The Bertz CT molecular complexity index is 1140. The Labute approximate surface area is 207 Å². The van der Waals surface area contributed by atoms with Gasteiger partial charge >= 0.3 is 0 Å². The first-order valence-corrected chi connectivity index (χ1v) is 12.1. The van der Waals surface area contributed by atoms with Crippen LogP contribution in [0.4, 0.5) is 11.4 Å². The number of aliphatic imine (C=N–C) groups is 1. The second-order valence-corrected chi connectivity index (χ2v) is 9.39. The molecule has 0 aromatic heterocycles. The number of amidine groups is 2. The van der Waals surface area contributed by atoms with Gasteiger partial charge in [-0.1, -0.05) is 29.4 Å². The summed E-state index contributed by atoms with van der Waals surface area (Å²) in [5.74, 6) is 1.23. The molecule has 3 atom stereocenters. The number of anilines is 2. The van der Waals surface area contributed by atoms with E-state index in [1.54, 1.807) is 37.3 Å². The molecule has 9 nitrogen and oxygen atoms in total. The number of nitrogens with one attached hydrogen (secondary N) is 4. The highest BCUT2D eigenvalue weighted by atomic mass is 35.5. The first-order chi connectivity index (χ1) is 16.3. The molecular formula is C23H27ClN6O3S. The van der Waals surface area contributed by atoms with Gasteiger partial charge in [-0.05, 0) is 43.7 Å². The third kappa shape index (κ3) is 4.85. The summed E-state index contributed by atoms with van der Waals surface area (Å²) < 4.78 is 10.6. The van der Waals surface area contributed by atoms with E-state index in [0.29, 0.717) is 33.2 Å². The van der Waals surface area contributed by atoms with E-state index in [4.69, 9.17) is 31.5 Å². The second kappa shape index (κ2) is 10.2. The number of fused-ring (bicyclic) bond motifs is 1. The number of hydrogen-bond donors (Lipinski definition) is 4. The van der Waals surface area contributed by atoms with Gasteiger partial charge in [-0.2, -0.15) is 0 Å². The molecule has 0 radical (unpaired) electrons. The summed E-state index contributed by atoms with van der Waals surface area (Å²) in [5, 5.41) is 13.0. The molecule has 0 spiro atoms. The van der Waals surface area contributed by atoms with Gasteiger partial charge in [-0.25, -0.2) is 10.4 Å². The van der Waals surface area contributed by atoms with Crippen LogP contribution in [0, 0.1) is 18.3 Å². The molecule has 0 saturated carbocycles. The van der Waals surface area contributed by atoms with Crippen LogP contribution in [0.15, 0.2) is 41.4 Å². The van der Waals surface area contributed by atoms with Crippen molar-refractivity contribution in [2.24, 2.45) is 10.9 Å². The summed E-state index contributed by atoms with van der Waals surface area (Å²) in [4.78, 5) is 19.5. The number of methoxy groups -OCH3 is 2. The van der Waals surface area contributed by atoms with E-state index in [1.165, 1.54) is 11.8 Å². The SMILES string of the molecule is COc1ccc(OC)c(NC(=O)CSC2=NC3NNC(C)C3C(=N)N2c2cc(Cl)ccc2C)c1. The lowest BCUT2D eigenvalue weighted by Gasteiger charge is -2.36. The summed E-state index contributed by atoms with van der Waals surface area (Å²) in [6, 6.07) is 10.8. The van der Waals surface area contributed by atoms with Gasteiger partial charge in [0.1, 0.15) is 23.5 Å². The first kappa shape index (κ1) is 24.3. The van der Waals surface area contributed by atoms with Crippen molar-refractivity contribution in [1.29, 1.82) is 5.41 Å². The monoisotopic (exact) mass is 502 g/mol. The molecule has 1 saturated heterocycles. The summed E-state index contributed by atoms with van der Waals surface area (Å²) >= 11 is 7.55. The lowest BCUT2D eigenvalue weighted by Crippen LogP contribution is -2.50. The number of ether oxygens (including phenoxy) is 2. The van der Waals surface area contributed by atoms with Gasteiger partial charge in [0, 0.05) is 17.1 Å². The lowest BCUT2D eigenvalue weighted by molar-refractivity contribution is -0.113. The van der Waals surface area contributed by atoms with Crippen LogP contribution in [0.5, 0.6) is 11.5 Å². The normalized spacial score (nSPS) is 21.7. The number of thioether (sulfide) groups is 1. The molecule has 2 aliphatic heterocycles. The van der Waals surface area contributed by atoms with Crippen molar-refractivity contribution in [3.05, 3.63) is 47.0 Å². The molecule has 3 unspecified atom stereocenters. The van der Waals surface area contributed by atoms with Gasteiger partial charge in [0.2, 0.25) is 5.91 Å². The maximum Gasteiger partial charge on any atom is 0.234 e. The highest BCUT2D eigenvalue weighted by molar-refractivity contribution is 8.14. The van der Waals surface area contributed by atoms with Crippen LogP contribution in [0.25, 0.3) is 0 Å². The molecule has 4 N–H and O–H groups in total. The number of amides is 1. The predicted octanol–water partition coefficient (Wildman–Crippen LogP) is 3.63. The fourth-order valence-corrected chi connectivity index (χ4v) is 5.00. The minimum atomic E-state index is -0.290. The molecule has 180 valence electrons. The van der Waals surface area contributed by atoms with Crippen molar-refractivity contribution in [2.45, 2.75) is 26.1 Å². The van der Waals surface area contributed by atoms with E-state index in [2.05, 4.69) is 16.2 Å². The maximum atomic E-state index is 12.8. The number of carbonyl (C=O) groups is 1. The Kier molecular flexibility index (Phi) is 7.32. The first-order valence-electron chi connectivity index (χ1n) is 10.7. The Balaban J connectivity index is 1.58. The van der Waals surface area contributed by atoms with Crippen LogP contribution in [-0.4, -0.2) is 49.1 Å². The number of carbonyl (C=O) groups excluding carboxylic acids is 1. The third-order valence-corrected chi connectivity index (χ3v) is 6.95. The number of benzene rings is 2.